The van der Waals surface area contributed by atoms with Gasteiger partial charge in [-0.3, -0.25) is 0 Å². The molecule has 1 aliphatic heterocycles. The van der Waals surface area contributed by atoms with E-state index in [1.54, 1.807) is 13.1 Å². The number of anilines is 1. The fraction of sp³-hybridized carbons (Fsp3) is 0.615. The van der Waals surface area contributed by atoms with E-state index >= 15 is 0 Å². The van der Waals surface area contributed by atoms with Crippen molar-refractivity contribution in [1.82, 2.24) is 4.98 Å². The van der Waals surface area contributed by atoms with E-state index in [-0.39, 0.29) is 6.10 Å². The second-order valence-electron chi connectivity index (χ2n) is 4.64. The van der Waals surface area contributed by atoms with Crippen LogP contribution in [0.3, 0.4) is 0 Å². The Balaban J connectivity index is 2.27. The second-order valence-corrected chi connectivity index (χ2v) is 4.64. The molecule has 4 nitrogen and oxygen atoms in total. The molecule has 1 fully saturated rings. The maximum Gasteiger partial charge on any atom is 0.134 e. The van der Waals surface area contributed by atoms with Crippen molar-refractivity contribution in [2.24, 2.45) is 0 Å². The van der Waals surface area contributed by atoms with Crippen LogP contribution in [0.25, 0.3) is 0 Å². The van der Waals surface area contributed by atoms with E-state index < -0.39 is 6.10 Å². The lowest BCUT2D eigenvalue weighted by atomic mass is 10.1. The molecule has 1 aromatic heterocycles. The Morgan fingerprint density at radius 3 is 2.94 bits per heavy atom. The third-order valence-corrected chi connectivity index (χ3v) is 3.43. The maximum atomic E-state index is 9.76. The fourth-order valence-corrected chi connectivity index (χ4v) is 2.42. The molecule has 3 atom stereocenters. The largest absolute Gasteiger partial charge is 0.389 e. The summed E-state index contributed by atoms with van der Waals surface area (Å²) in [6, 6.07) is 4.11. The second kappa shape index (κ2) is 5.02. The monoisotopic (exact) mass is 236 g/mol. The highest BCUT2D eigenvalue weighted by Gasteiger charge is 2.29. The molecule has 1 aliphatic rings. The van der Waals surface area contributed by atoms with Crippen molar-refractivity contribution in [3.05, 3.63) is 23.9 Å². The number of hydrogen-bond donors (Lipinski definition) is 1. The number of rotatable bonds is 3. The van der Waals surface area contributed by atoms with Crippen molar-refractivity contribution in [2.45, 2.75) is 38.5 Å². The van der Waals surface area contributed by atoms with Gasteiger partial charge in [-0.1, -0.05) is 6.07 Å². The summed E-state index contributed by atoms with van der Waals surface area (Å²) < 4.78 is 5.58. The van der Waals surface area contributed by atoms with Gasteiger partial charge in [0.05, 0.1) is 18.2 Å². The van der Waals surface area contributed by atoms with Gasteiger partial charge in [-0.05, 0) is 26.3 Å². The van der Waals surface area contributed by atoms with Crippen molar-refractivity contribution in [1.29, 1.82) is 0 Å². The zero-order valence-corrected chi connectivity index (χ0v) is 10.6. The fourth-order valence-electron chi connectivity index (χ4n) is 2.42. The molecule has 4 heteroatoms. The number of aliphatic hydroxyl groups is 1. The summed E-state index contributed by atoms with van der Waals surface area (Å²) in [5.74, 6) is 0.852. The van der Waals surface area contributed by atoms with E-state index in [4.69, 9.17) is 4.74 Å². The first-order chi connectivity index (χ1) is 8.11. The van der Waals surface area contributed by atoms with Gasteiger partial charge in [-0.25, -0.2) is 4.98 Å². The Morgan fingerprint density at radius 2 is 2.35 bits per heavy atom. The first kappa shape index (κ1) is 12.3. The number of likely N-dealkylation sites (N-methyl/N-ethyl adjacent to an activating group) is 1. The first-order valence-electron chi connectivity index (χ1n) is 6.08. The average molecular weight is 236 g/mol. The maximum absolute atomic E-state index is 9.76. The van der Waals surface area contributed by atoms with Gasteiger partial charge in [0.1, 0.15) is 5.82 Å². The topological polar surface area (TPSA) is 45.6 Å². The van der Waals surface area contributed by atoms with Gasteiger partial charge in [-0.15, -0.1) is 0 Å². The van der Waals surface area contributed by atoms with Crippen molar-refractivity contribution in [2.75, 3.05) is 18.6 Å². The van der Waals surface area contributed by atoms with E-state index in [1.165, 1.54) is 0 Å². The lowest BCUT2D eigenvalue weighted by molar-refractivity contribution is 0.118. The average Bonchev–Trinajstić information content (AvgIpc) is 2.74. The van der Waals surface area contributed by atoms with Crippen LogP contribution < -0.4 is 4.90 Å². The highest BCUT2D eigenvalue weighted by molar-refractivity contribution is 5.48. The van der Waals surface area contributed by atoms with E-state index in [9.17, 15) is 5.11 Å². The van der Waals surface area contributed by atoms with Gasteiger partial charge in [0.15, 0.2) is 0 Å². The van der Waals surface area contributed by atoms with E-state index in [2.05, 4.69) is 16.8 Å². The smallest absolute Gasteiger partial charge is 0.134 e. The van der Waals surface area contributed by atoms with Crippen LogP contribution in [0.4, 0.5) is 5.82 Å². The van der Waals surface area contributed by atoms with Crippen LogP contribution in [0.2, 0.25) is 0 Å². The van der Waals surface area contributed by atoms with E-state index in [1.807, 2.05) is 19.2 Å². The number of ether oxygens (including phenoxy) is 1. The van der Waals surface area contributed by atoms with Crippen molar-refractivity contribution >= 4 is 5.82 Å². The Kier molecular flexibility index (Phi) is 3.64. The van der Waals surface area contributed by atoms with Crippen molar-refractivity contribution < 1.29 is 9.84 Å². The molecule has 1 aromatic rings. The molecular formula is C13H20N2O2. The molecule has 0 saturated carbocycles. The number of aliphatic hydroxyl groups excluding tert-OH is 1. The summed E-state index contributed by atoms with van der Waals surface area (Å²) in [6.07, 6.45) is 2.48. The van der Waals surface area contributed by atoms with Crippen molar-refractivity contribution in [3.63, 3.8) is 0 Å². The normalized spacial score (nSPS) is 25.9. The Bertz CT molecular complexity index is 381. The minimum absolute atomic E-state index is 0.212. The zero-order valence-electron chi connectivity index (χ0n) is 10.6. The summed E-state index contributed by atoms with van der Waals surface area (Å²) in [5, 5.41) is 9.76. The molecule has 0 amide bonds. The molecule has 2 unspecified atom stereocenters. The zero-order chi connectivity index (χ0) is 12.4. The Hall–Kier alpha value is -1.13. The van der Waals surface area contributed by atoms with Crippen LogP contribution >= 0.6 is 0 Å². The van der Waals surface area contributed by atoms with Gasteiger partial charge in [0, 0.05) is 25.4 Å². The molecular weight excluding hydrogens is 216 g/mol. The molecule has 1 saturated heterocycles. The molecule has 2 heterocycles. The summed E-state index contributed by atoms with van der Waals surface area (Å²) in [7, 11) is 2.02. The molecule has 1 N–H and O–H groups in total. The Morgan fingerprint density at radius 1 is 1.59 bits per heavy atom. The Labute approximate surface area is 102 Å². The lowest BCUT2D eigenvalue weighted by Crippen LogP contribution is -2.38. The van der Waals surface area contributed by atoms with Gasteiger partial charge in [0.2, 0.25) is 0 Å². The predicted molar refractivity (Wildman–Crippen MR) is 67.1 cm³/mol. The lowest BCUT2D eigenvalue weighted by Gasteiger charge is -2.29. The summed E-state index contributed by atoms with van der Waals surface area (Å²) >= 11 is 0. The summed E-state index contributed by atoms with van der Waals surface area (Å²) in [6.45, 7) is 4.65. The highest BCUT2D eigenvalue weighted by Crippen LogP contribution is 2.28. The predicted octanol–water partition coefficient (Wildman–Crippen LogP) is 1.75. The molecule has 0 radical (unpaired) electrons. The minimum atomic E-state index is -0.501. The number of hydrogen-bond acceptors (Lipinski definition) is 4. The van der Waals surface area contributed by atoms with E-state index in [0.717, 1.165) is 24.4 Å². The molecule has 2 rings (SSSR count). The van der Waals surface area contributed by atoms with Gasteiger partial charge < -0.3 is 14.7 Å². The number of aromatic nitrogens is 1. The van der Waals surface area contributed by atoms with Gasteiger partial charge >= 0.3 is 0 Å². The van der Waals surface area contributed by atoms with Crippen molar-refractivity contribution in [3.8, 4) is 0 Å². The van der Waals surface area contributed by atoms with Crippen LogP contribution in [-0.2, 0) is 4.74 Å². The summed E-state index contributed by atoms with van der Waals surface area (Å²) in [4.78, 5) is 6.51. The van der Waals surface area contributed by atoms with Crippen LogP contribution in [0.5, 0.6) is 0 Å². The van der Waals surface area contributed by atoms with Crippen LogP contribution in [0, 0.1) is 0 Å². The quantitative estimate of drug-likeness (QED) is 0.868. The SMILES string of the molecule is CC1OCCC1N(C)c1ncccc1[C@@H](C)O. The molecule has 0 aliphatic carbocycles. The highest BCUT2D eigenvalue weighted by atomic mass is 16.5. The van der Waals surface area contributed by atoms with E-state index in [0.29, 0.717) is 6.04 Å². The first-order valence-corrected chi connectivity index (χ1v) is 6.08. The van der Waals surface area contributed by atoms with Crippen LogP contribution in [0.15, 0.2) is 18.3 Å². The van der Waals surface area contributed by atoms with Gasteiger partial charge in [0.25, 0.3) is 0 Å². The third-order valence-electron chi connectivity index (χ3n) is 3.43. The summed E-state index contributed by atoms with van der Waals surface area (Å²) in [5.41, 5.74) is 0.870. The number of pyridine rings is 1. The number of nitrogens with zero attached hydrogens (tertiary/aromatic N) is 2. The standard InChI is InChI=1S/C13H20N2O2/c1-9(16)11-5-4-7-14-13(11)15(3)12-6-8-17-10(12)2/h4-5,7,9-10,12,16H,6,8H2,1-3H3/t9-,10?,12?/m1/s1. The molecule has 17 heavy (non-hydrogen) atoms. The molecule has 0 aromatic carbocycles. The molecule has 0 spiro atoms. The third kappa shape index (κ3) is 2.42. The van der Waals surface area contributed by atoms with Crippen LogP contribution in [-0.4, -0.2) is 35.9 Å². The minimum Gasteiger partial charge on any atom is -0.389 e. The van der Waals surface area contributed by atoms with Gasteiger partial charge in [-0.2, -0.15) is 0 Å². The van der Waals surface area contributed by atoms with Crippen LogP contribution in [0.1, 0.15) is 31.9 Å². The molecule has 0 bridgehead atoms. The molecule has 94 valence electrons.